The van der Waals surface area contributed by atoms with Gasteiger partial charge in [-0.2, -0.15) is 0 Å². The van der Waals surface area contributed by atoms with Gasteiger partial charge in [-0.05, 0) is 34.7 Å². The largest absolute Gasteiger partial charge is 0.207 e. The van der Waals surface area contributed by atoms with Gasteiger partial charge < -0.3 is 0 Å². The molecular formula is C17H17ClF2. The molecule has 3 heteroatoms. The van der Waals surface area contributed by atoms with Crippen molar-refractivity contribution < 1.29 is 8.78 Å². The van der Waals surface area contributed by atoms with E-state index < -0.39 is 17.0 Å². The van der Waals surface area contributed by atoms with Crippen LogP contribution >= 0.6 is 11.6 Å². The maximum atomic E-state index is 13.7. The van der Waals surface area contributed by atoms with E-state index in [-0.39, 0.29) is 11.0 Å². The quantitative estimate of drug-likeness (QED) is 0.633. The lowest BCUT2D eigenvalue weighted by Crippen LogP contribution is -2.11. The van der Waals surface area contributed by atoms with Crippen molar-refractivity contribution in [3.63, 3.8) is 0 Å². The monoisotopic (exact) mass is 294 g/mol. The molecule has 0 radical (unpaired) electrons. The summed E-state index contributed by atoms with van der Waals surface area (Å²) < 4.78 is 26.9. The van der Waals surface area contributed by atoms with Gasteiger partial charge >= 0.3 is 0 Å². The summed E-state index contributed by atoms with van der Waals surface area (Å²) in [5, 5.41) is -0.695. The summed E-state index contributed by atoms with van der Waals surface area (Å²) in [4.78, 5) is 0. The first kappa shape index (κ1) is 15.0. The van der Waals surface area contributed by atoms with E-state index in [4.69, 9.17) is 11.6 Å². The van der Waals surface area contributed by atoms with E-state index >= 15 is 0 Å². The SMILES string of the molecule is CC(C)(C)c1ccc(C(Cl)c2cc(F)ccc2F)cc1. The molecule has 2 aromatic rings. The van der Waals surface area contributed by atoms with Gasteiger partial charge in [-0.1, -0.05) is 45.0 Å². The first-order chi connectivity index (χ1) is 9.29. The van der Waals surface area contributed by atoms with Crippen LogP contribution in [0, 0.1) is 11.6 Å². The van der Waals surface area contributed by atoms with Gasteiger partial charge in [0.1, 0.15) is 11.6 Å². The fraction of sp³-hybridized carbons (Fsp3) is 0.294. The van der Waals surface area contributed by atoms with Gasteiger partial charge in [0, 0.05) is 5.56 Å². The van der Waals surface area contributed by atoms with Crippen LogP contribution in [0.15, 0.2) is 42.5 Å². The smallest absolute Gasteiger partial charge is 0.128 e. The molecule has 1 unspecified atom stereocenters. The van der Waals surface area contributed by atoms with Gasteiger partial charge in [-0.25, -0.2) is 8.78 Å². The highest BCUT2D eigenvalue weighted by molar-refractivity contribution is 6.22. The molecule has 106 valence electrons. The molecule has 20 heavy (non-hydrogen) atoms. The highest BCUT2D eigenvalue weighted by Gasteiger charge is 2.18. The van der Waals surface area contributed by atoms with Gasteiger partial charge in [0.15, 0.2) is 0 Å². The van der Waals surface area contributed by atoms with Crippen LogP contribution in [0.25, 0.3) is 0 Å². The van der Waals surface area contributed by atoms with Crippen LogP contribution in [-0.2, 0) is 5.41 Å². The molecule has 0 N–H and O–H groups in total. The van der Waals surface area contributed by atoms with Crippen molar-refractivity contribution in [1.29, 1.82) is 0 Å². The van der Waals surface area contributed by atoms with Crippen molar-refractivity contribution in [2.75, 3.05) is 0 Å². The number of rotatable bonds is 2. The zero-order chi connectivity index (χ0) is 14.9. The zero-order valence-electron chi connectivity index (χ0n) is 11.8. The second-order valence-corrected chi connectivity index (χ2v) is 6.34. The lowest BCUT2D eigenvalue weighted by atomic mass is 9.86. The van der Waals surface area contributed by atoms with Gasteiger partial charge in [0.2, 0.25) is 0 Å². The molecule has 0 nitrogen and oxygen atoms in total. The van der Waals surface area contributed by atoms with Crippen molar-refractivity contribution in [3.05, 3.63) is 70.8 Å². The van der Waals surface area contributed by atoms with Crippen LogP contribution in [0.4, 0.5) is 8.78 Å². The predicted octanol–water partition coefficient (Wildman–Crippen LogP) is 5.59. The first-order valence-corrected chi connectivity index (χ1v) is 6.92. The standard InChI is InChI=1S/C17H17ClF2/c1-17(2,3)12-6-4-11(5-7-12)16(18)14-10-13(19)8-9-15(14)20/h4-10,16H,1-3H3. The average molecular weight is 295 g/mol. The molecule has 0 aliphatic heterocycles. The van der Waals surface area contributed by atoms with E-state index in [1.165, 1.54) is 5.56 Å². The molecule has 0 saturated carbocycles. The van der Waals surface area contributed by atoms with Crippen LogP contribution in [0.5, 0.6) is 0 Å². The Kier molecular flexibility index (Phi) is 4.14. The van der Waals surface area contributed by atoms with Crippen molar-refractivity contribution in [2.24, 2.45) is 0 Å². The van der Waals surface area contributed by atoms with E-state index in [1.54, 1.807) is 0 Å². The Labute approximate surface area is 123 Å². The maximum Gasteiger partial charge on any atom is 0.128 e. The number of benzene rings is 2. The topological polar surface area (TPSA) is 0 Å². The average Bonchev–Trinajstić information content (AvgIpc) is 2.40. The Morgan fingerprint density at radius 3 is 2.10 bits per heavy atom. The maximum absolute atomic E-state index is 13.7. The third kappa shape index (κ3) is 3.18. The molecule has 0 heterocycles. The summed E-state index contributed by atoms with van der Waals surface area (Å²) >= 11 is 6.27. The molecule has 0 fully saturated rings. The van der Waals surface area contributed by atoms with E-state index in [2.05, 4.69) is 20.8 Å². The van der Waals surface area contributed by atoms with E-state index in [0.717, 1.165) is 23.8 Å². The molecule has 2 rings (SSSR count). The summed E-state index contributed by atoms with van der Waals surface area (Å²) in [6, 6.07) is 11.0. The molecule has 0 aliphatic rings. The van der Waals surface area contributed by atoms with Crippen molar-refractivity contribution in [3.8, 4) is 0 Å². The summed E-state index contributed by atoms with van der Waals surface area (Å²) in [6.45, 7) is 6.35. The zero-order valence-corrected chi connectivity index (χ0v) is 12.5. The Bertz CT molecular complexity index is 597. The normalized spacial score (nSPS) is 13.3. The molecule has 0 saturated heterocycles. The summed E-state index contributed by atoms with van der Waals surface area (Å²) in [5.74, 6) is -0.982. The third-order valence-electron chi connectivity index (χ3n) is 3.30. The minimum atomic E-state index is -0.695. The number of alkyl halides is 1. The minimum Gasteiger partial charge on any atom is -0.207 e. The second kappa shape index (κ2) is 5.53. The molecule has 0 aliphatic carbocycles. The predicted molar refractivity (Wildman–Crippen MR) is 79.2 cm³/mol. The summed E-state index contributed by atoms with van der Waals surface area (Å²) in [7, 11) is 0. The van der Waals surface area contributed by atoms with E-state index in [1.807, 2.05) is 24.3 Å². The molecule has 0 aromatic heterocycles. The molecule has 2 aromatic carbocycles. The van der Waals surface area contributed by atoms with Crippen molar-refractivity contribution in [2.45, 2.75) is 31.6 Å². The highest BCUT2D eigenvalue weighted by Crippen LogP contribution is 2.32. The minimum absolute atomic E-state index is 0.0461. The Morgan fingerprint density at radius 2 is 1.55 bits per heavy atom. The highest BCUT2D eigenvalue weighted by atomic mass is 35.5. The molecular weight excluding hydrogens is 278 g/mol. The fourth-order valence-corrected chi connectivity index (χ4v) is 2.35. The van der Waals surface area contributed by atoms with Gasteiger partial charge in [-0.3, -0.25) is 0 Å². The van der Waals surface area contributed by atoms with E-state index in [0.29, 0.717) is 0 Å². The first-order valence-electron chi connectivity index (χ1n) is 6.48. The second-order valence-electron chi connectivity index (χ2n) is 5.90. The van der Waals surface area contributed by atoms with Crippen LogP contribution in [0.2, 0.25) is 0 Å². The molecule has 1 atom stereocenters. The van der Waals surface area contributed by atoms with Gasteiger partial charge in [0.05, 0.1) is 5.38 Å². The van der Waals surface area contributed by atoms with Crippen LogP contribution in [0.3, 0.4) is 0 Å². The Morgan fingerprint density at radius 1 is 0.950 bits per heavy atom. The molecule has 0 spiro atoms. The Balaban J connectivity index is 2.34. The summed E-state index contributed by atoms with van der Waals surface area (Å²) in [6.07, 6.45) is 0. The van der Waals surface area contributed by atoms with Gasteiger partial charge in [-0.15, -0.1) is 11.6 Å². The van der Waals surface area contributed by atoms with Gasteiger partial charge in [0.25, 0.3) is 0 Å². The number of hydrogen-bond donors (Lipinski definition) is 0. The van der Waals surface area contributed by atoms with Crippen molar-refractivity contribution in [1.82, 2.24) is 0 Å². The van der Waals surface area contributed by atoms with Crippen LogP contribution in [-0.4, -0.2) is 0 Å². The molecule has 0 amide bonds. The molecule has 0 bridgehead atoms. The van der Waals surface area contributed by atoms with Crippen LogP contribution < -0.4 is 0 Å². The van der Waals surface area contributed by atoms with Crippen LogP contribution in [0.1, 0.15) is 42.8 Å². The lowest BCUT2D eigenvalue weighted by molar-refractivity contribution is 0.586. The Hall–Kier alpha value is -1.41. The number of hydrogen-bond acceptors (Lipinski definition) is 0. The fourth-order valence-electron chi connectivity index (χ4n) is 2.04. The lowest BCUT2D eigenvalue weighted by Gasteiger charge is -2.20. The number of halogens is 3. The third-order valence-corrected chi connectivity index (χ3v) is 3.79. The summed E-state index contributed by atoms with van der Waals surface area (Å²) in [5.41, 5.74) is 2.13. The van der Waals surface area contributed by atoms with Crippen molar-refractivity contribution >= 4 is 11.6 Å². The van der Waals surface area contributed by atoms with E-state index in [9.17, 15) is 8.78 Å².